The summed E-state index contributed by atoms with van der Waals surface area (Å²) in [5.41, 5.74) is 2.18. The van der Waals surface area contributed by atoms with E-state index in [2.05, 4.69) is 42.8 Å². The summed E-state index contributed by atoms with van der Waals surface area (Å²) in [5, 5.41) is 0. The highest BCUT2D eigenvalue weighted by Gasteiger charge is 2.30. The Morgan fingerprint density at radius 2 is 1.52 bits per heavy atom. The summed E-state index contributed by atoms with van der Waals surface area (Å²) in [7, 11) is 0. The molecule has 0 aliphatic carbocycles. The topological polar surface area (TPSA) is 45.7 Å². The molecule has 4 rings (SSSR count). The average molecular weight is 422 g/mol. The molecule has 0 spiro atoms. The normalized spacial score (nSPS) is 19.4. The lowest BCUT2D eigenvalue weighted by molar-refractivity contribution is 0.0425. The minimum atomic E-state index is 0.108. The molecular formula is C26H35N3O2. The third-order valence-electron chi connectivity index (χ3n) is 6.70. The highest BCUT2D eigenvalue weighted by atomic mass is 16.5. The van der Waals surface area contributed by atoms with Crippen molar-refractivity contribution in [2.45, 2.75) is 64.0 Å². The van der Waals surface area contributed by atoms with Crippen molar-refractivity contribution in [3.8, 4) is 5.75 Å². The maximum atomic E-state index is 13.0. The van der Waals surface area contributed by atoms with E-state index in [1.165, 1.54) is 5.56 Å². The van der Waals surface area contributed by atoms with Gasteiger partial charge in [0.2, 0.25) is 0 Å². The number of carbonyl (C=O) groups is 1. The van der Waals surface area contributed by atoms with E-state index in [0.29, 0.717) is 6.04 Å². The summed E-state index contributed by atoms with van der Waals surface area (Å²) in [4.78, 5) is 21.6. The van der Waals surface area contributed by atoms with Gasteiger partial charge in [0.05, 0.1) is 0 Å². The van der Waals surface area contributed by atoms with Crippen molar-refractivity contribution in [3.63, 3.8) is 0 Å². The summed E-state index contributed by atoms with van der Waals surface area (Å²) >= 11 is 0. The van der Waals surface area contributed by atoms with E-state index in [9.17, 15) is 4.79 Å². The van der Waals surface area contributed by atoms with Gasteiger partial charge in [0.1, 0.15) is 11.9 Å². The Morgan fingerprint density at radius 1 is 0.903 bits per heavy atom. The molecule has 0 N–H and O–H groups in total. The van der Waals surface area contributed by atoms with E-state index in [0.717, 1.165) is 63.2 Å². The zero-order valence-corrected chi connectivity index (χ0v) is 19.1. The Hall–Kier alpha value is -2.40. The first-order chi connectivity index (χ1) is 14.9. The molecule has 2 aliphatic rings. The molecule has 1 amide bonds. The molecule has 2 saturated heterocycles. The molecule has 0 bridgehead atoms. The molecule has 2 fully saturated rings. The number of rotatable bonds is 4. The number of amides is 1. The smallest absolute Gasteiger partial charge is 0.253 e. The third kappa shape index (κ3) is 5.45. The highest BCUT2D eigenvalue weighted by Crippen LogP contribution is 2.26. The lowest BCUT2D eigenvalue weighted by Gasteiger charge is -2.41. The third-order valence-corrected chi connectivity index (χ3v) is 6.70. The lowest BCUT2D eigenvalue weighted by Crippen LogP contribution is -2.50. The van der Waals surface area contributed by atoms with Gasteiger partial charge in [-0.25, -0.2) is 0 Å². The quantitative estimate of drug-likeness (QED) is 0.728. The zero-order valence-electron chi connectivity index (χ0n) is 19.1. The summed E-state index contributed by atoms with van der Waals surface area (Å²) in [6.45, 7) is 10.4. The number of hydrogen-bond acceptors (Lipinski definition) is 4. The molecular weight excluding hydrogens is 386 g/mol. The standard InChI is InChI=1S/C26H35N3O2/c1-26(2,3)21-6-4-20(5-7-21)25(30)29-16-10-22(11-17-29)28-18-12-24(13-19-28)31-23-8-14-27-15-9-23/h4-9,14-15,22,24H,10-13,16-19H2,1-3H3. The number of aromatic nitrogens is 1. The Labute approximate surface area is 186 Å². The predicted molar refractivity (Wildman–Crippen MR) is 124 cm³/mol. The second kappa shape index (κ2) is 9.39. The predicted octanol–water partition coefficient (Wildman–Crippen LogP) is 4.53. The molecule has 1 aromatic carbocycles. The van der Waals surface area contributed by atoms with Crippen LogP contribution in [0.4, 0.5) is 0 Å². The number of carbonyl (C=O) groups excluding carboxylic acids is 1. The van der Waals surface area contributed by atoms with Crippen molar-refractivity contribution in [1.29, 1.82) is 0 Å². The number of piperidine rings is 2. The first-order valence-electron chi connectivity index (χ1n) is 11.6. The maximum Gasteiger partial charge on any atom is 0.253 e. The molecule has 3 heterocycles. The van der Waals surface area contributed by atoms with Crippen molar-refractivity contribution in [2.75, 3.05) is 26.2 Å². The fourth-order valence-corrected chi connectivity index (χ4v) is 4.70. The van der Waals surface area contributed by atoms with Crippen molar-refractivity contribution >= 4 is 5.91 Å². The second-order valence-electron chi connectivity index (χ2n) is 9.89. The molecule has 0 atom stereocenters. The number of likely N-dealkylation sites (tertiary alicyclic amines) is 2. The van der Waals surface area contributed by atoms with Crippen LogP contribution in [0.3, 0.4) is 0 Å². The van der Waals surface area contributed by atoms with Crippen LogP contribution >= 0.6 is 0 Å². The molecule has 5 heteroatoms. The van der Waals surface area contributed by atoms with E-state index in [-0.39, 0.29) is 17.4 Å². The van der Waals surface area contributed by atoms with Crippen LogP contribution in [0.1, 0.15) is 62.4 Å². The van der Waals surface area contributed by atoms with Gasteiger partial charge >= 0.3 is 0 Å². The average Bonchev–Trinajstić information content (AvgIpc) is 2.79. The highest BCUT2D eigenvalue weighted by molar-refractivity contribution is 5.94. The molecule has 166 valence electrons. The fraction of sp³-hybridized carbons (Fsp3) is 0.538. The van der Waals surface area contributed by atoms with Crippen LogP contribution in [-0.4, -0.2) is 59.0 Å². The minimum Gasteiger partial charge on any atom is -0.490 e. The molecule has 2 aromatic rings. The van der Waals surface area contributed by atoms with Crippen molar-refractivity contribution < 1.29 is 9.53 Å². The number of hydrogen-bond donors (Lipinski definition) is 0. The molecule has 1 aromatic heterocycles. The van der Waals surface area contributed by atoms with Gasteiger partial charge in [0.15, 0.2) is 0 Å². The zero-order chi connectivity index (χ0) is 21.8. The van der Waals surface area contributed by atoms with Gasteiger partial charge in [-0.3, -0.25) is 14.7 Å². The van der Waals surface area contributed by atoms with Crippen molar-refractivity contribution in [1.82, 2.24) is 14.8 Å². The van der Waals surface area contributed by atoms with E-state index in [1.54, 1.807) is 12.4 Å². The largest absolute Gasteiger partial charge is 0.490 e. The molecule has 0 radical (unpaired) electrons. The van der Waals surface area contributed by atoms with Crippen molar-refractivity contribution in [2.24, 2.45) is 0 Å². The van der Waals surface area contributed by atoms with Gasteiger partial charge < -0.3 is 9.64 Å². The van der Waals surface area contributed by atoms with Crippen LogP contribution in [0, 0.1) is 0 Å². The first kappa shape index (κ1) is 21.8. The number of nitrogens with zero attached hydrogens (tertiary/aromatic N) is 3. The van der Waals surface area contributed by atoms with Crippen LogP contribution in [0.15, 0.2) is 48.8 Å². The summed E-state index contributed by atoms with van der Waals surface area (Å²) < 4.78 is 6.10. The Balaban J connectivity index is 1.24. The fourth-order valence-electron chi connectivity index (χ4n) is 4.70. The van der Waals surface area contributed by atoms with Gasteiger partial charge in [-0.1, -0.05) is 32.9 Å². The van der Waals surface area contributed by atoms with Crippen molar-refractivity contribution in [3.05, 3.63) is 59.9 Å². The van der Waals surface area contributed by atoms with Crippen LogP contribution < -0.4 is 4.74 Å². The molecule has 5 nitrogen and oxygen atoms in total. The lowest BCUT2D eigenvalue weighted by atomic mass is 9.86. The second-order valence-corrected chi connectivity index (χ2v) is 9.89. The van der Waals surface area contributed by atoms with E-state index >= 15 is 0 Å². The van der Waals surface area contributed by atoms with E-state index in [4.69, 9.17) is 4.74 Å². The summed E-state index contributed by atoms with van der Waals surface area (Å²) in [6, 6.07) is 12.6. The molecule has 2 aliphatic heterocycles. The monoisotopic (exact) mass is 421 g/mol. The number of benzene rings is 1. The van der Waals surface area contributed by atoms with E-state index in [1.807, 2.05) is 29.2 Å². The minimum absolute atomic E-state index is 0.108. The maximum absolute atomic E-state index is 13.0. The van der Waals surface area contributed by atoms with Crippen LogP contribution in [0.2, 0.25) is 0 Å². The SMILES string of the molecule is CC(C)(C)c1ccc(C(=O)N2CCC(N3CCC(Oc4ccncc4)CC3)CC2)cc1. The van der Waals surface area contributed by atoms with Crippen LogP contribution in [-0.2, 0) is 5.41 Å². The Bertz CT molecular complexity index is 844. The van der Waals surface area contributed by atoms with E-state index < -0.39 is 0 Å². The Kier molecular flexibility index (Phi) is 6.61. The van der Waals surface area contributed by atoms with Gasteiger partial charge in [0.25, 0.3) is 5.91 Å². The van der Waals surface area contributed by atoms with Crippen LogP contribution in [0.25, 0.3) is 0 Å². The van der Waals surface area contributed by atoms with Gasteiger partial charge in [-0.05, 0) is 60.9 Å². The number of pyridine rings is 1. The molecule has 0 unspecified atom stereocenters. The molecule has 31 heavy (non-hydrogen) atoms. The summed E-state index contributed by atoms with van der Waals surface area (Å²) in [6.07, 6.45) is 8.07. The summed E-state index contributed by atoms with van der Waals surface area (Å²) in [5.74, 6) is 1.08. The van der Waals surface area contributed by atoms with Crippen LogP contribution in [0.5, 0.6) is 5.75 Å². The van der Waals surface area contributed by atoms with Gasteiger partial charge in [-0.15, -0.1) is 0 Å². The number of ether oxygens (including phenoxy) is 1. The Morgan fingerprint density at radius 3 is 2.10 bits per heavy atom. The molecule has 0 saturated carbocycles. The first-order valence-corrected chi connectivity index (χ1v) is 11.6. The van der Waals surface area contributed by atoms with Gasteiger partial charge in [-0.2, -0.15) is 0 Å². The van der Waals surface area contributed by atoms with Gasteiger partial charge in [0, 0.05) is 50.2 Å².